The van der Waals surface area contributed by atoms with Gasteiger partial charge in [-0.05, 0) is 0 Å². The average molecular weight is 159 g/mol. The maximum absolute atomic E-state index is 11.5. The van der Waals surface area contributed by atoms with E-state index in [1.54, 1.807) is 0 Å². The van der Waals surface area contributed by atoms with Crippen LogP contribution < -0.4 is 4.72 Å². The van der Waals surface area contributed by atoms with Gasteiger partial charge in [-0.25, -0.2) is 9.11 Å². The molecule has 0 unspecified atom stereocenters. The van der Waals surface area contributed by atoms with Gasteiger partial charge in [0.2, 0.25) is 5.95 Å². The Balaban J connectivity index is 4.07. The minimum absolute atomic E-state index is 0.631. The molecule has 0 aromatic rings. The molecule has 54 valence electrons. The van der Waals surface area contributed by atoms with Gasteiger partial charge in [0.15, 0.2) is 0 Å². The van der Waals surface area contributed by atoms with Gasteiger partial charge in [-0.3, -0.25) is 4.55 Å². The SMILES string of the molecule is O=S(=O)(O)NC(F)=CF. The summed E-state index contributed by atoms with van der Waals surface area (Å²) < 4.78 is 50.1. The molecule has 0 aliphatic rings. The van der Waals surface area contributed by atoms with Gasteiger partial charge in [0.25, 0.3) is 0 Å². The summed E-state index contributed by atoms with van der Waals surface area (Å²) >= 11 is 0. The Kier molecular flexibility index (Phi) is 2.53. The number of halogens is 2. The van der Waals surface area contributed by atoms with Crippen molar-refractivity contribution in [1.29, 1.82) is 0 Å². The van der Waals surface area contributed by atoms with Crippen LogP contribution in [0.1, 0.15) is 0 Å². The summed E-state index contributed by atoms with van der Waals surface area (Å²) in [6.07, 6.45) is -0.631. The van der Waals surface area contributed by atoms with Gasteiger partial charge >= 0.3 is 10.3 Å². The lowest BCUT2D eigenvalue weighted by molar-refractivity contribution is 0.456. The molecule has 0 bridgehead atoms. The molecule has 0 aromatic heterocycles. The van der Waals surface area contributed by atoms with Gasteiger partial charge in [0, 0.05) is 0 Å². The van der Waals surface area contributed by atoms with Crippen molar-refractivity contribution in [1.82, 2.24) is 4.72 Å². The first-order valence-electron chi connectivity index (χ1n) is 1.67. The molecule has 0 spiro atoms. The Morgan fingerprint density at radius 1 is 1.67 bits per heavy atom. The fraction of sp³-hybridized carbons (Fsp3) is 0. The lowest BCUT2D eigenvalue weighted by atomic mass is 11.0. The van der Waals surface area contributed by atoms with Crippen molar-refractivity contribution in [2.24, 2.45) is 0 Å². The molecule has 7 heteroatoms. The Hall–Kier alpha value is -0.690. The summed E-state index contributed by atoms with van der Waals surface area (Å²) in [5, 5.41) is 0. The lowest BCUT2D eigenvalue weighted by Crippen LogP contribution is -2.19. The molecule has 0 saturated heterocycles. The first-order valence-corrected chi connectivity index (χ1v) is 3.11. The van der Waals surface area contributed by atoms with Crippen molar-refractivity contribution in [3.63, 3.8) is 0 Å². The van der Waals surface area contributed by atoms with Gasteiger partial charge in [-0.2, -0.15) is 12.8 Å². The van der Waals surface area contributed by atoms with Gasteiger partial charge in [-0.1, -0.05) is 0 Å². The van der Waals surface area contributed by atoms with E-state index in [1.807, 2.05) is 0 Å². The molecule has 0 saturated carbocycles. The quantitative estimate of drug-likeness (QED) is 0.444. The van der Waals surface area contributed by atoms with Crippen molar-refractivity contribution < 1.29 is 21.8 Å². The highest BCUT2D eigenvalue weighted by atomic mass is 32.2. The van der Waals surface area contributed by atoms with E-state index in [-0.39, 0.29) is 0 Å². The molecule has 0 aliphatic heterocycles. The van der Waals surface area contributed by atoms with Crippen molar-refractivity contribution in [3.8, 4) is 0 Å². The molecular formula is C2H3F2NO3S. The van der Waals surface area contributed by atoms with E-state index in [4.69, 9.17) is 4.55 Å². The Morgan fingerprint density at radius 2 is 2.11 bits per heavy atom. The van der Waals surface area contributed by atoms with Crippen LogP contribution >= 0.6 is 0 Å². The van der Waals surface area contributed by atoms with Crippen molar-refractivity contribution in [3.05, 3.63) is 12.3 Å². The zero-order valence-electron chi connectivity index (χ0n) is 4.01. The van der Waals surface area contributed by atoms with E-state index in [0.717, 1.165) is 4.72 Å². The Morgan fingerprint density at radius 3 is 2.22 bits per heavy atom. The summed E-state index contributed by atoms with van der Waals surface area (Å²) in [6.45, 7) is 0. The normalized spacial score (nSPS) is 13.4. The Bertz CT molecular complexity index is 208. The molecule has 0 rings (SSSR count). The molecule has 4 nitrogen and oxygen atoms in total. The minimum Gasteiger partial charge on any atom is -0.269 e. The summed E-state index contributed by atoms with van der Waals surface area (Å²) in [7, 11) is -4.67. The van der Waals surface area contributed by atoms with E-state index in [2.05, 4.69) is 0 Å². The second kappa shape index (κ2) is 2.74. The van der Waals surface area contributed by atoms with E-state index >= 15 is 0 Å². The van der Waals surface area contributed by atoms with Crippen LogP contribution in [-0.4, -0.2) is 13.0 Å². The first-order chi connectivity index (χ1) is 3.95. The third-order valence-corrected chi connectivity index (χ3v) is 0.775. The molecule has 0 radical (unpaired) electrons. The molecule has 2 N–H and O–H groups in total. The zero-order chi connectivity index (χ0) is 7.49. The predicted octanol–water partition coefficient (Wildman–Crippen LogP) is 0.117. The van der Waals surface area contributed by atoms with Gasteiger partial charge < -0.3 is 0 Å². The topological polar surface area (TPSA) is 66.4 Å². The summed E-state index contributed by atoms with van der Waals surface area (Å²) in [5.74, 6) is -1.77. The molecule has 0 aliphatic carbocycles. The second-order valence-electron chi connectivity index (χ2n) is 1.03. The number of hydrogen-bond acceptors (Lipinski definition) is 2. The number of hydrogen-bond donors (Lipinski definition) is 2. The van der Waals surface area contributed by atoms with Gasteiger partial charge in [0.05, 0.1) is 0 Å². The molecule has 0 atom stereocenters. The van der Waals surface area contributed by atoms with Crippen LogP contribution in [-0.2, 0) is 10.3 Å². The van der Waals surface area contributed by atoms with Crippen LogP contribution in [0.4, 0.5) is 8.78 Å². The van der Waals surface area contributed by atoms with Crippen LogP contribution in [0.5, 0.6) is 0 Å². The molecule has 9 heavy (non-hydrogen) atoms. The highest BCUT2D eigenvalue weighted by Gasteiger charge is 2.04. The minimum atomic E-state index is -4.67. The molecule has 0 heterocycles. The zero-order valence-corrected chi connectivity index (χ0v) is 4.82. The van der Waals surface area contributed by atoms with Crippen LogP contribution in [0.25, 0.3) is 0 Å². The molecular weight excluding hydrogens is 156 g/mol. The van der Waals surface area contributed by atoms with Crippen LogP contribution in [0.3, 0.4) is 0 Å². The average Bonchev–Trinajstić information content (AvgIpc) is 1.62. The maximum Gasteiger partial charge on any atom is 0.359 e. The molecule has 0 aromatic carbocycles. The highest BCUT2D eigenvalue weighted by Crippen LogP contribution is 1.91. The highest BCUT2D eigenvalue weighted by molar-refractivity contribution is 7.83. The Labute approximate surface area is 50.1 Å². The largest absolute Gasteiger partial charge is 0.359 e. The monoisotopic (exact) mass is 159 g/mol. The smallest absolute Gasteiger partial charge is 0.269 e. The van der Waals surface area contributed by atoms with Crippen LogP contribution in [0, 0.1) is 0 Å². The summed E-state index contributed by atoms with van der Waals surface area (Å²) in [6, 6.07) is 0. The predicted molar refractivity (Wildman–Crippen MR) is 25.0 cm³/mol. The summed E-state index contributed by atoms with van der Waals surface area (Å²) in [5.41, 5.74) is 0. The summed E-state index contributed by atoms with van der Waals surface area (Å²) in [4.78, 5) is 0. The van der Waals surface area contributed by atoms with Crippen molar-refractivity contribution in [2.75, 3.05) is 0 Å². The fourth-order valence-corrected chi connectivity index (χ4v) is 0.436. The maximum atomic E-state index is 11.5. The standard InChI is InChI=1S/C2H3F2NO3S/c3-1-2(4)5-9(6,7)8/h1,5H,(H,6,7,8). The van der Waals surface area contributed by atoms with E-state index in [9.17, 15) is 17.2 Å². The number of nitrogens with one attached hydrogen (secondary N) is 1. The van der Waals surface area contributed by atoms with Gasteiger partial charge in [0.1, 0.15) is 6.33 Å². The van der Waals surface area contributed by atoms with E-state index in [1.165, 1.54) is 0 Å². The third kappa shape index (κ3) is 5.18. The van der Waals surface area contributed by atoms with E-state index < -0.39 is 22.6 Å². The molecule has 0 fully saturated rings. The van der Waals surface area contributed by atoms with Crippen molar-refractivity contribution >= 4 is 10.3 Å². The van der Waals surface area contributed by atoms with Crippen molar-refractivity contribution in [2.45, 2.75) is 0 Å². The van der Waals surface area contributed by atoms with E-state index in [0.29, 0.717) is 0 Å². The third-order valence-electron chi connectivity index (χ3n) is 0.322. The van der Waals surface area contributed by atoms with Gasteiger partial charge in [-0.15, -0.1) is 0 Å². The number of rotatable bonds is 2. The fourth-order valence-electron chi connectivity index (χ4n) is 0.145. The van der Waals surface area contributed by atoms with Crippen LogP contribution in [0.2, 0.25) is 0 Å². The first kappa shape index (κ1) is 8.31. The second-order valence-corrected chi connectivity index (χ2v) is 2.19. The molecule has 0 amide bonds. The van der Waals surface area contributed by atoms with Crippen LogP contribution in [0.15, 0.2) is 12.3 Å². The lowest BCUT2D eigenvalue weighted by Gasteiger charge is -1.93.